The van der Waals surface area contributed by atoms with Crippen molar-refractivity contribution in [2.45, 2.75) is 9.79 Å². The van der Waals surface area contributed by atoms with Crippen LogP contribution in [0.4, 0.5) is 11.6 Å². The molecule has 0 aliphatic carbocycles. The molecule has 0 aliphatic rings. The minimum absolute atomic E-state index is 0. The van der Waals surface area contributed by atoms with Gasteiger partial charge >= 0.3 is 35.6 Å². The Morgan fingerprint density at radius 1 is 1.20 bits per heavy atom. The van der Waals surface area contributed by atoms with Crippen molar-refractivity contribution in [3.8, 4) is 6.01 Å². The fraction of sp³-hybridized carbons (Fsp3) is 0.100. The minimum atomic E-state index is -4.87. The van der Waals surface area contributed by atoms with E-state index in [9.17, 15) is 25.9 Å². The Morgan fingerprint density at radius 2 is 1.84 bits per heavy atom. The Kier molecular flexibility index (Phi) is 7.12. The summed E-state index contributed by atoms with van der Waals surface area (Å²) in [6.07, 6.45) is 0. The molecular weight excluding hydrogens is 411 g/mol. The first-order chi connectivity index (χ1) is 11.0. The van der Waals surface area contributed by atoms with Crippen LogP contribution in [-0.2, 0) is 20.2 Å². The number of hydrogen-bond acceptors (Lipinski definition) is 10. The maximum atomic E-state index is 11.4. The molecule has 1 heterocycles. The maximum absolute atomic E-state index is 11.4. The van der Waals surface area contributed by atoms with E-state index in [2.05, 4.69) is 20.3 Å². The number of halogens is 1. The third kappa shape index (κ3) is 5.72. The molecule has 0 aliphatic heterocycles. The van der Waals surface area contributed by atoms with Gasteiger partial charge in [-0.1, -0.05) is 0 Å². The molecule has 2 N–H and O–H groups in total. The Morgan fingerprint density at radius 3 is 2.36 bits per heavy atom. The third-order valence-corrected chi connectivity index (χ3v) is 4.45. The van der Waals surface area contributed by atoms with E-state index < -0.39 is 35.7 Å². The standard InChI is InChI=1S/C10H9ClN4O7S2.Na/c1-22-10-14-8(11)13-9(15-10)12-6-4-5(23(16,17)18)2-3-7(6)24(19,20)21;/h2-4H,1H3,(H,16,17,18)(H,19,20,21)(H,12,13,14,15);/q;+1/p-1. The van der Waals surface area contributed by atoms with Crippen LogP contribution in [0.25, 0.3) is 0 Å². The summed E-state index contributed by atoms with van der Waals surface area (Å²) >= 11 is 5.63. The van der Waals surface area contributed by atoms with Gasteiger partial charge in [0.25, 0.3) is 10.1 Å². The second-order valence-corrected chi connectivity index (χ2v) is 7.23. The van der Waals surface area contributed by atoms with Gasteiger partial charge in [0.15, 0.2) is 0 Å². The molecule has 130 valence electrons. The summed E-state index contributed by atoms with van der Waals surface area (Å²) in [7, 11) is -8.37. The van der Waals surface area contributed by atoms with Gasteiger partial charge in [-0.05, 0) is 29.8 Å². The summed E-state index contributed by atoms with van der Waals surface area (Å²) in [5, 5.41) is 2.04. The fourth-order valence-electron chi connectivity index (χ4n) is 1.59. The number of nitrogens with one attached hydrogen (secondary N) is 1. The van der Waals surface area contributed by atoms with Gasteiger partial charge in [0, 0.05) is 0 Å². The molecule has 0 unspecified atom stereocenters. The van der Waals surface area contributed by atoms with Crippen molar-refractivity contribution in [1.29, 1.82) is 0 Å². The number of benzene rings is 1. The van der Waals surface area contributed by atoms with E-state index in [1.807, 2.05) is 0 Å². The van der Waals surface area contributed by atoms with E-state index in [4.69, 9.17) is 16.3 Å². The predicted octanol–water partition coefficient (Wildman–Crippen LogP) is -2.57. The van der Waals surface area contributed by atoms with Crippen LogP contribution in [-0.4, -0.2) is 48.0 Å². The van der Waals surface area contributed by atoms with Crippen molar-refractivity contribution in [1.82, 2.24) is 15.0 Å². The molecule has 11 nitrogen and oxygen atoms in total. The van der Waals surface area contributed by atoms with Gasteiger partial charge in [0.05, 0.1) is 17.7 Å². The molecule has 25 heavy (non-hydrogen) atoms. The smallest absolute Gasteiger partial charge is 0.744 e. The first-order valence-electron chi connectivity index (χ1n) is 5.81. The van der Waals surface area contributed by atoms with Gasteiger partial charge in [-0.2, -0.15) is 23.4 Å². The molecule has 0 radical (unpaired) electrons. The summed E-state index contributed by atoms with van der Waals surface area (Å²) in [6.45, 7) is 0. The molecule has 0 saturated carbocycles. The van der Waals surface area contributed by atoms with Gasteiger partial charge in [0.2, 0.25) is 11.2 Å². The number of ether oxygens (including phenoxy) is 1. The van der Waals surface area contributed by atoms with Crippen LogP contribution in [0.5, 0.6) is 6.01 Å². The largest absolute Gasteiger partial charge is 1.00 e. The van der Waals surface area contributed by atoms with Crippen molar-refractivity contribution in [2.75, 3.05) is 12.4 Å². The SMILES string of the molecule is COc1nc(Cl)nc(Nc2cc(S(=O)(=O)[O-])ccc2S(=O)(=O)O)n1.[Na+]. The Balaban J connectivity index is 0.00000312. The first-order valence-corrected chi connectivity index (χ1v) is 9.03. The summed E-state index contributed by atoms with van der Waals surface area (Å²) < 4.78 is 69.9. The van der Waals surface area contributed by atoms with Crippen LogP contribution in [0, 0.1) is 0 Å². The predicted molar refractivity (Wildman–Crippen MR) is 78.9 cm³/mol. The molecule has 0 spiro atoms. The van der Waals surface area contributed by atoms with Crippen molar-refractivity contribution < 1.29 is 60.2 Å². The molecule has 1 aromatic heterocycles. The zero-order valence-corrected chi connectivity index (χ0v) is 17.1. The monoisotopic (exact) mass is 418 g/mol. The average molecular weight is 419 g/mol. The molecule has 2 aromatic rings. The number of rotatable bonds is 5. The van der Waals surface area contributed by atoms with Crippen LogP contribution in [0.1, 0.15) is 0 Å². The zero-order chi connectivity index (χ0) is 18.1. The van der Waals surface area contributed by atoms with E-state index >= 15 is 0 Å². The number of nitrogens with zero attached hydrogens (tertiary/aromatic N) is 3. The van der Waals surface area contributed by atoms with E-state index in [1.165, 1.54) is 7.11 Å². The fourth-order valence-corrected chi connectivity index (χ4v) is 2.86. The van der Waals surface area contributed by atoms with Gasteiger partial charge in [0.1, 0.15) is 15.0 Å². The third-order valence-electron chi connectivity index (χ3n) is 2.53. The average Bonchev–Trinajstić information content (AvgIpc) is 2.44. The molecule has 0 amide bonds. The van der Waals surface area contributed by atoms with Crippen molar-refractivity contribution in [3.63, 3.8) is 0 Å². The minimum Gasteiger partial charge on any atom is -0.744 e. The second kappa shape index (κ2) is 8.09. The van der Waals surface area contributed by atoms with E-state index in [0.29, 0.717) is 6.07 Å². The van der Waals surface area contributed by atoms with Crippen LogP contribution < -0.4 is 39.6 Å². The quantitative estimate of drug-likeness (QED) is 0.386. The van der Waals surface area contributed by atoms with Gasteiger partial charge in [-0.3, -0.25) is 4.55 Å². The first kappa shape index (κ1) is 22.0. The Bertz CT molecular complexity index is 1000. The number of anilines is 2. The summed E-state index contributed by atoms with van der Waals surface area (Å²) in [5.41, 5.74) is -0.459. The number of hydrogen-bond donors (Lipinski definition) is 2. The van der Waals surface area contributed by atoms with E-state index in [-0.39, 0.29) is 46.8 Å². The molecule has 0 atom stereocenters. The molecule has 0 saturated heterocycles. The Labute approximate surface area is 169 Å². The normalized spacial score (nSPS) is 11.5. The summed E-state index contributed by atoms with van der Waals surface area (Å²) in [5.74, 6) is -0.308. The van der Waals surface area contributed by atoms with E-state index in [1.54, 1.807) is 0 Å². The molecule has 0 fully saturated rings. The Hall–Kier alpha value is -1.06. The number of methoxy groups -OCH3 is 1. The number of aromatic nitrogens is 3. The molecular formula is C10H8ClN4NaO7S2. The van der Waals surface area contributed by atoms with Crippen molar-refractivity contribution >= 4 is 43.5 Å². The molecule has 15 heteroatoms. The topological polar surface area (TPSA) is 172 Å². The van der Waals surface area contributed by atoms with Crippen LogP contribution in [0.3, 0.4) is 0 Å². The maximum Gasteiger partial charge on any atom is 1.00 e. The molecule has 1 aromatic carbocycles. The van der Waals surface area contributed by atoms with Crippen LogP contribution >= 0.6 is 11.6 Å². The zero-order valence-electron chi connectivity index (χ0n) is 12.7. The van der Waals surface area contributed by atoms with Crippen molar-refractivity contribution in [3.05, 3.63) is 23.5 Å². The van der Waals surface area contributed by atoms with E-state index in [0.717, 1.165) is 12.1 Å². The van der Waals surface area contributed by atoms with Crippen molar-refractivity contribution in [2.24, 2.45) is 0 Å². The second-order valence-electron chi connectivity index (χ2n) is 4.13. The summed E-state index contributed by atoms with van der Waals surface area (Å²) in [4.78, 5) is 9.51. The van der Waals surface area contributed by atoms with Gasteiger partial charge < -0.3 is 14.6 Å². The van der Waals surface area contributed by atoms with Gasteiger partial charge in [-0.25, -0.2) is 8.42 Å². The van der Waals surface area contributed by atoms with Crippen LogP contribution in [0.2, 0.25) is 5.28 Å². The molecule has 0 bridgehead atoms. The summed E-state index contributed by atoms with van der Waals surface area (Å²) in [6, 6.07) is 1.97. The van der Waals surface area contributed by atoms with Gasteiger partial charge in [-0.15, -0.1) is 0 Å². The molecule has 2 rings (SSSR count). The van der Waals surface area contributed by atoms with Crippen LogP contribution in [0.15, 0.2) is 28.0 Å².